The number of rotatable bonds is 4. The summed E-state index contributed by atoms with van der Waals surface area (Å²) in [5.74, 6) is 1.63. The number of hydrogen-bond donors (Lipinski definition) is 1. The van der Waals surface area contributed by atoms with Crippen LogP contribution in [-0.2, 0) is 4.79 Å². The number of carbonyl (C=O) groups excluding carboxylic acids is 1. The fourth-order valence-electron chi connectivity index (χ4n) is 2.96. The van der Waals surface area contributed by atoms with E-state index in [2.05, 4.69) is 20.3 Å². The fraction of sp³-hybridized carbons (Fsp3) is 0.500. The smallest absolute Gasteiger partial charge is 0.222 e. The highest BCUT2D eigenvalue weighted by molar-refractivity contribution is 7.13. The van der Waals surface area contributed by atoms with Crippen molar-refractivity contribution in [2.75, 3.05) is 11.9 Å². The van der Waals surface area contributed by atoms with E-state index in [0.29, 0.717) is 12.2 Å². The summed E-state index contributed by atoms with van der Waals surface area (Å²) in [6.45, 7) is 4.61. The molecule has 1 N–H and O–H groups in total. The molecule has 1 aliphatic heterocycles. The molecule has 7 heteroatoms. The van der Waals surface area contributed by atoms with Crippen LogP contribution >= 0.6 is 11.3 Å². The van der Waals surface area contributed by atoms with Crippen molar-refractivity contribution in [3.05, 3.63) is 29.2 Å². The third-order valence-electron chi connectivity index (χ3n) is 3.99. The van der Waals surface area contributed by atoms with E-state index in [0.717, 1.165) is 42.5 Å². The van der Waals surface area contributed by atoms with Gasteiger partial charge in [0.15, 0.2) is 5.13 Å². The van der Waals surface area contributed by atoms with Crippen molar-refractivity contribution in [2.24, 2.45) is 0 Å². The maximum atomic E-state index is 12.2. The molecule has 6 nitrogen and oxygen atoms in total. The normalized spacial score (nSPS) is 18.0. The summed E-state index contributed by atoms with van der Waals surface area (Å²) in [5, 5.41) is 5.94. The van der Waals surface area contributed by atoms with Crippen molar-refractivity contribution in [3.63, 3.8) is 0 Å². The Hall–Kier alpha value is -2.02. The molecule has 3 rings (SSSR count). The standard InChI is InChI=1S/C16H21N5OS/c1-3-15(22)21-8-5-4-6-13(21)12-10-14(19-11(2)18-12)20-16-17-7-9-23-16/h7,9-10,13H,3-6,8H2,1-2H3,(H,17,18,19,20)/t13-/m1/s1. The number of nitrogens with one attached hydrogen (secondary N) is 1. The predicted molar refractivity (Wildman–Crippen MR) is 90.8 cm³/mol. The lowest BCUT2D eigenvalue weighted by atomic mass is 9.98. The molecular weight excluding hydrogens is 310 g/mol. The van der Waals surface area contributed by atoms with E-state index in [-0.39, 0.29) is 11.9 Å². The maximum Gasteiger partial charge on any atom is 0.222 e. The fourth-order valence-corrected chi connectivity index (χ4v) is 3.50. The van der Waals surface area contributed by atoms with Crippen LogP contribution in [0.25, 0.3) is 0 Å². The van der Waals surface area contributed by atoms with Gasteiger partial charge in [0.05, 0.1) is 11.7 Å². The van der Waals surface area contributed by atoms with E-state index in [1.165, 1.54) is 11.3 Å². The molecule has 122 valence electrons. The van der Waals surface area contributed by atoms with Crippen molar-refractivity contribution in [1.29, 1.82) is 0 Å². The summed E-state index contributed by atoms with van der Waals surface area (Å²) in [6, 6.07) is 2.00. The lowest BCUT2D eigenvalue weighted by molar-refractivity contribution is -0.134. The average Bonchev–Trinajstić information content (AvgIpc) is 3.06. The Balaban J connectivity index is 1.88. The number of aromatic nitrogens is 3. The van der Waals surface area contributed by atoms with E-state index < -0.39 is 0 Å². The molecule has 0 aromatic carbocycles. The second kappa shape index (κ2) is 7.04. The molecular formula is C16H21N5OS. The minimum absolute atomic E-state index is 0.0507. The van der Waals surface area contributed by atoms with Gasteiger partial charge in [-0.3, -0.25) is 4.79 Å². The summed E-state index contributed by atoms with van der Waals surface area (Å²) in [4.78, 5) is 27.5. The molecule has 0 aliphatic carbocycles. The van der Waals surface area contributed by atoms with E-state index in [1.807, 2.05) is 30.2 Å². The van der Waals surface area contributed by atoms with Crippen LogP contribution < -0.4 is 5.32 Å². The van der Waals surface area contributed by atoms with Gasteiger partial charge in [0, 0.05) is 30.6 Å². The van der Waals surface area contributed by atoms with Crippen LogP contribution in [0.4, 0.5) is 10.9 Å². The molecule has 0 bridgehead atoms. The van der Waals surface area contributed by atoms with Crippen LogP contribution in [0.5, 0.6) is 0 Å². The number of likely N-dealkylation sites (tertiary alicyclic amines) is 1. The molecule has 2 aromatic heterocycles. The van der Waals surface area contributed by atoms with Gasteiger partial charge in [-0.05, 0) is 26.2 Å². The lowest BCUT2D eigenvalue weighted by Gasteiger charge is -2.35. The van der Waals surface area contributed by atoms with E-state index >= 15 is 0 Å². The van der Waals surface area contributed by atoms with Gasteiger partial charge in [-0.1, -0.05) is 6.92 Å². The van der Waals surface area contributed by atoms with Crippen LogP contribution in [-0.4, -0.2) is 32.3 Å². The Morgan fingerprint density at radius 2 is 2.30 bits per heavy atom. The first-order chi connectivity index (χ1) is 11.2. The summed E-state index contributed by atoms with van der Waals surface area (Å²) in [6.07, 6.45) is 5.43. The molecule has 1 saturated heterocycles. The van der Waals surface area contributed by atoms with Gasteiger partial charge in [0.2, 0.25) is 5.91 Å². The second-order valence-corrected chi connectivity index (χ2v) is 6.53. The second-order valence-electron chi connectivity index (χ2n) is 5.64. The Kier molecular flexibility index (Phi) is 4.85. The first-order valence-electron chi connectivity index (χ1n) is 7.99. The lowest BCUT2D eigenvalue weighted by Crippen LogP contribution is -2.38. The Morgan fingerprint density at radius 1 is 1.43 bits per heavy atom. The van der Waals surface area contributed by atoms with Crippen LogP contribution in [0.1, 0.15) is 50.2 Å². The molecule has 0 spiro atoms. The molecule has 0 radical (unpaired) electrons. The Labute approximate surface area is 140 Å². The minimum atomic E-state index is 0.0507. The molecule has 3 heterocycles. The summed E-state index contributed by atoms with van der Waals surface area (Å²) >= 11 is 1.53. The summed E-state index contributed by atoms with van der Waals surface area (Å²) < 4.78 is 0. The van der Waals surface area contributed by atoms with Crippen molar-refractivity contribution >= 4 is 28.2 Å². The number of amides is 1. The van der Waals surface area contributed by atoms with Crippen molar-refractivity contribution < 1.29 is 4.79 Å². The van der Waals surface area contributed by atoms with Gasteiger partial charge >= 0.3 is 0 Å². The van der Waals surface area contributed by atoms with Gasteiger partial charge < -0.3 is 10.2 Å². The number of carbonyl (C=O) groups is 1. The highest BCUT2D eigenvalue weighted by Crippen LogP contribution is 2.31. The first-order valence-corrected chi connectivity index (χ1v) is 8.87. The van der Waals surface area contributed by atoms with Gasteiger partial charge in [-0.25, -0.2) is 15.0 Å². The molecule has 23 heavy (non-hydrogen) atoms. The van der Waals surface area contributed by atoms with Crippen LogP contribution in [0.3, 0.4) is 0 Å². The Bertz CT molecular complexity index is 673. The number of anilines is 2. The molecule has 1 fully saturated rings. The zero-order valence-corrected chi connectivity index (χ0v) is 14.3. The summed E-state index contributed by atoms with van der Waals surface area (Å²) in [5.41, 5.74) is 0.915. The summed E-state index contributed by atoms with van der Waals surface area (Å²) in [7, 11) is 0. The molecule has 1 amide bonds. The zero-order chi connectivity index (χ0) is 16.2. The minimum Gasteiger partial charge on any atom is -0.334 e. The SMILES string of the molecule is CCC(=O)N1CCCC[C@@H]1c1cc(Nc2nccs2)nc(C)n1. The topological polar surface area (TPSA) is 71.0 Å². The van der Waals surface area contributed by atoms with Gasteiger partial charge in [-0.2, -0.15) is 0 Å². The largest absolute Gasteiger partial charge is 0.334 e. The van der Waals surface area contributed by atoms with Crippen LogP contribution in [0.15, 0.2) is 17.6 Å². The molecule has 1 aliphatic rings. The molecule has 2 aromatic rings. The monoisotopic (exact) mass is 331 g/mol. The number of aryl methyl sites for hydroxylation is 1. The first kappa shape index (κ1) is 15.9. The third kappa shape index (κ3) is 3.67. The van der Waals surface area contributed by atoms with E-state index in [9.17, 15) is 4.79 Å². The number of nitrogens with zero attached hydrogens (tertiary/aromatic N) is 4. The third-order valence-corrected chi connectivity index (χ3v) is 4.68. The molecule has 0 unspecified atom stereocenters. The predicted octanol–water partition coefficient (Wildman–Crippen LogP) is 3.45. The van der Waals surface area contributed by atoms with Crippen molar-refractivity contribution in [2.45, 2.75) is 45.6 Å². The Morgan fingerprint density at radius 3 is 3.04 bits per heavy atom. The van der Waals surface area contributed by atoms with E-state index in [4.69, 9.17) is 0 Å². The average molecular weight is 331 g/mol. The molecule has 0 saturated carbocycles. The number of thiazole rings is 1. The molecule has 1 atom stereocenters. The van der Waals surface area contributed by atoms with Gasteiger partial charge in [-0.15, -0.1) is 11.3 Å². The van der Waals surface area contributed by atoms with Crippen LogP contribution in [0, 0.1) is 6.92 Å². The number of hydrogen-bond acceptors (Lipinski definition) is 6. The maximum absolute atomic E-state index is 12.2. The zero-order valence-electron chi connectivity index (χ0n) is 13.5. The quantitative estimate of drug-likeness (QED) is 0.929. The highest BCUT2D eigenvalue weighted by atomic mass is 32.1. The number of piperidine rings is 1. The van der Waals surface area contributed by atoms with Crippen LogP contribution in [0.2, 0.25) is 0 Å². The van der Waals surface area contributed by atoms with Gasteiger partial charge in [0.25, 0.3) is 0 Å². The highest BCUT2D eigenvalue weighted by Gasteiger charge is 2.28. The van der Waals surface area contributed by atoms with Crippen molar-refractivity contribution in [3.8, 4) is 0 Å². The van der Waals surface area contributed by atoms with Gasteiger partial charge in [0.1, 0.15) is 11.6 Å². The van der Waals surface area contributed by atoms with Crippen molar-refractivity contribution in [1.82, 2.24) is 19.9 Å². The van der Waals surface area contributed by atoms with E-state index in [1.54, 1.807) is 6.20 Å².